The molecule has 0 aliphatic carbocycles. The number of aromatic nitrogens is 1. The zero-order chi connectivity index (χ0) is 15.1. The van der Waals surface area contributed by atoms with Crippen LogP contribution in [0.5, 0.6) is 11.6 Å². The molecule has 1 amide bonds. The number of carbonyl (C=O) groups excluding carboxylic acids is 1. The fourth-order valence-electron chi connectivity index (χ4n) is 1.77. The molecular weight excluding hydrogens is 264 g/mol. The van der Waals surface area contributed by atoms with Gasteiger partial charge in [-0.1, -0.05) is 32.0 Å². The summed E-state index contributed by atoms with van der Waals surface area (Å²) in [5, 5.41) is 2.92. The van der Waals surface area contributed by atoms with E-state index in [2.05, 4.69) is 10.3 Å². The zero-order valence-electron chi connectivity index (χ0n) is 12.4. The van der Waals surface area contributed by atoms with Gasteiger partial charge >= 0.3 is 0 Å². The monoisotopic (exact) mass is 284 g/mol. The van der Waals surface area contributed by atoms with E-state index in [1.807, 2.05) is 56.3 Å². The van der Waals surface area contributed by atoms with Crippen molar-refractivity contribution in [2.45, 2.75) is 26.8 Å². The minimum absolute atomic E-state index is 0.0341. The van der Waals surface area contributed by atoms with Crippen LogP contribution in [0.1, 0.15) is 25.8 Å². The SMILES string of the molecule is CC[C@H](C)C(=O)NCc1ccnc(Oc2ccccc2)c1. The second-order valence-electron chi connectivity index (χ2n) is 4.94. The van der Waals surface area contributed by atoms with Crippen LogP contribution in [0, 0.1) is 5.92 Å². The van der Waals surface area contributed by atoms with Gasteiger partial charge in [0.05, 0.1) is 0 Å². The molecule has 2 rings (SSSR count). The van der Waals surface area contributed by atoms with Crippen molar-refractivity contribution in [2.24, 2.45) is 5.92 Å². The molecular formula is C17H20N2O2. The molecule has 21 heavy (non-hydrogen) atoms. The fraction of sp³-hybridized carbons (Fsp3) is 0.294. The zero-order valence-corrected chi connectivity index (χ0v) is 12.4. The Kier molecular flexibility index (Phi) is 5.32. The molecule has 0 saturated heterocycles. The van der Waals surface area contributed by atoms with Gasteiger partial charge < -0.3 is 10.1 Å². The number of benzene rings is 1. The molecule has 0 aliphatic rings. The number of hydrogen-bond acceptors (Lipinski definition) is 3. The molecule has 2 aromatic rings. The molecule has 0 spiro atoms. The molecule has 1 N–H and O–H groups in total. The lowest BCUT2D eigenvalue weighted by atomic mass is 10.1. The third kappa shape index (κ3) is 4.60. The van der Waals surface area contributed by atoms with Gasteiger partial charge in [0.2, 0.25) is 11.8 Å². The summed E-state index contributed by atoms with van der Waals surface area (Å²) < 4.78 is 5.67. The first-order valence-corrected chi connectivity index (χ1v) is 7.14. The summed E-state index contributed by atoms with van der Waals surface area (Å²) in [5.74, 6) is 1.37. The molecule has 1 heterocycles. The molecule has 1 atom stereocenters. The summed E-state index contributed by atoms with van der Waals surface area (Å²) in [7, 11) is 0. The Balaban J connectivity index is 1.96. The Morgan fingerprint density at radius 1 is 1.29 bits per heavy atom. The third-order valence-electron chi connectivity index (χ3n) is 3.29. The lowest BCUT2D eigenvalue weighted by Gasteiger charge is -2.10. The van der Waals surface area contributed by atoms with Crippen LogP contribution in [-0.2, 0) is 11.3 Å². The van der Waals surface area contributed by atoms with Gasteiger partial charge in [0.15, 0.2) is 0 Å². The van der Waals surface area contributed by atoms with E-state index in [4.69, 9.17) is 4.74 Å². The van der Waals surface area contributed by atoms with E-state index in [-0.39, 0.29) is 11.8 Å². The normalized spacial score (nSPS) is 11.7. The van der Waals surface area contributed by atoms with E-state index in [9.17, 15) is 4.79 Å². The second kappa shape index (κ2) is 7.43. The van der Waals surface area contributed by atoms with E-state index in [1.54, 1.807) is 6.20 Å². The Bertz CT molecular complexity index is 584. The Labute approximate surface area is 125 Å². The van der Waals surface area contributed by atoms with E-state index in [0.29, 0.717) is 12.4 Å². The molecule has 0 fully saturated rings. The van der Waals surface area contributed by atoms with E-state index in [0.717, 1.165) is 17.7 Å². The largest absolute Gasteiger partial charge is 0.439 e. The van der Waals surface area contributed by atoms with Crippen LogP contribution in [0.2, 0.25) is 0 Å². The lowest BCUT2D eigenvalue weighted by molar-refractivity contribution is -0.124. The van der Waals surface area contributed by atoms with Crippen molar-refractivity contribution in [3.05, 3.63) is 54.2 Å². The number of rotatable bonds is 6. The van der Waals surface area contributed by atoms with Gasteiger partial charge in [-0.15, -0.1) is 0 Å². The summed E-state index contributed by atoms with van der Waals surface area (Å²) in [6.45, 7) is 4.41. The number of hydrogen-bond donors (Lipinski definition) is 1. The summed E-state index contributed by atoms with van der Waals surface area (Å²) in [5.41, 5.74) is 0.965. The van der Waals surface area contributed by atoms with Crippen LogP contribution < -0.4 is 10.1 Å². The smallest absolute Gasteiger partial charge is 0.223 e. The quantitative estimate of drug-likeness (QED) is 0.882. The van der Waals surface area contributed by atoms with Gasteiger partial charge in [0.1, 0.15) is 5.75 Å². The number of ether oxygens (including phenoxy) is 1. The maximum absolute atomic E-state index is 11.8. The van der Waals surface area contributed by atoms with Crippen molar-refractivity contribution < 1.29 is 9.53 Å². The highest BCUT2D eigenvalue weighted by Crippen LogP contribution is 2.19. The minimum Gasteiger partial charge on any atom is -0.439 e. The average molecular weight is 284 g/mol. The van der Waals surface area contributed by atoms with Gasteiger partial charge in [-0.3, -0.25) is 4.79 Å². The van der Waals surface area contributed by atoms with Crippen LogP contribution in [0.15, 0.2) is 48.7 Å². The first-order chi connectivity index (χ1) is 10.2. The molecule has 0 unspecified atom stereocenters. The molecule has 1 aromatic heterocycles. The highest BCUT2D eigenvalue weighted by molar-refractivity contribution is 5.78. The fourth-order valence-corrected chi connectivity index (χ4v) is 1.77. The number of para-hydroxylation sites is 1. The Morgan fingerprint density at radius 2 is 2.05 bits per heavy atom. The maximum Gasteiger partial charge on any atom is 0.223 e. The van der Waals surface area contributed by atoms with Crippen LogP contribution in [0.3, 0.4) is 0 Å². The number of carbonyl (C=O) groups is 1. The molecule has 4 heteroatoms. The molecule has 0 radical (unpaired) electrons. The van der Waals surface area contributed by atoms with Crippen molar-refractivity contribution in [1.29, 1.82) is 0 Å². The highest BCUT2D eigenvalue weighted by Gasteiger charge is 2.09. The third-order valence-corrected chi connectivity index (χ3v) is 3.29. The first-order valence-electron chi connectivity index (χ1n) is 7.14. The molecule has 110 valence electrons. The number of pyridine rings is 1. The first kappa shape index (κ1) is 15.0. The van der Waals surface area contributed by atoms with Crippen LogP contribution >= 0.6 is 0 Å². The molecule has 1 aromatic carbocycles. The topological polar surface area (TPSA) is 51.2 Å². The van der Waals surface area contributed by atoms with Gasteiger partial charge in [-0.2, -0.15) is 0 Å². The summed E-state index contributed by atoms with van der Waals surface area (Å²) in [6, 6.07) is 13.2. The lowest BCUT2D eigenvalue weighted by Crippen LogP contribution is -2.28. The number of amides is 1. The Hall–Kier alpha value is -2.36. The van der Waals surface area contributed by atoms with Crippen molar-refractivity contribution in [1.82, 2.24) is 10.3 Å². The van der Waals surface area contributed by atoms with Crippen LogP contribution in [0.4, 0.5) is 0 Å². The van der Waals surface area contributed by atoms with E-state index in [1.165, 1.54) is 0 Å². The molecule has 0 saturated carbocycles. The summed E-state index contributed by atoms with van der Waals surface area (Å²) in [6.07, 6.45) is 2.52. The van der Waals surface area contributed by atoms with Crippen molar-refractivity contribution in [3.63, 3.8) is 0 Å². The predicted molar refractivity (Wildman–Crippen MR) is 82.1 cm³/mol. The van der Waals surface area contributed by atoms with Crippen LogP contribution in [-0.4, -0.2) is 10.9 Å². The van der Waals surface area contributed by atoms with Gasteiger partial charge in [0, 0.05) is 24.7 Å². The molecule has 0 bridgehead atoms. The van der Waals surface area contributed by atoms with Gasteiger partial charge in [-0.25, -0.2) is 4.98 Å². The van der Waals surface area contributed by atoms with Gasteiger partial charge in [-0.05, 0) is 30.2 Å². The van der Waals surface area contributed by atoms with Crippen molar-refractivity contribution in [3.8, 4) is 11.6 Å². The average Bonchev–Trinajstić information content (AvgIpc) is 2.53. The second-order valence-corrected chi connectivity index (χ2v) is 4.94. The Morgan fingerprint density at radius 3 is 2.76 bits per heavy atom. The summed E-state index contributed by atoms with van der Waals surface area (Å²) >= 11 is 0. The number of nitrogens with one attached hydrogen (secondary N) is 1. The number of nitrogens with zero attached hydrogens (tertiary/aromatic N) is 1. The molecule has 4 nitrogen and oxygen atoms in total. The van der Waals surface area contributed by atoms with Crippen molar-refractivity contribution >= 4 is 5.91 Å². The maximum atomic E-state index is 11.8. The predicted octanol–water partition coefficient (Wildman–Crippen LogP) is 3.54. The van der Waals surface area contributed by atoms with E-state index >= 15 is 0 Å². The standard InChI is InChI=1S/C17H20N2O2/c1-3-13(2)17(20)19-12-14-9-10-18-16(11-14)21-15-7-5-4-6-8-15/h4-11,13H,3,12H2,1-2H3,(H,19,20)/t13-/m0/s1. The van der Waals surface area contributed by atoms with Crippen molar-refractivity contribution in [2.75, 3.05) is 0 Å². The highest BCUT2D eigenvalue weighted by atomic mass is 16.5. The molecule has 0 aliphatic heterocycles. The van der Waals surface area contributed by atoms with E-state index < -0.39 is 0 Å². The minimum atomic E-state index is 0.0341. The summed E-state index contributed by atoms with van der Waals surface area (Å²) in [4.78, 5) is 15.9. The van der Waals surface area contributed by atoms with Crippen LogP contribution in [0.25, 0.3) is 0 Å². The van der Waals surface area contributed by atoms with Gasteiger partial charge in [0.25, 0.3) is 0 Å².